The third-order valence-corrected chi connectivity index (χ3v) is 3.99. The molecule has 0 N–H and O–H groups in total. The van der Waals surface area contributed by atoms with Gasteiger partial charge in [0.05, 0.1) is 16.7 Å². The molecule has 0 saturated carbocycles. The van der Waals surface area contributed by atoms with Crippen LogP contribution in [0.15, 0.2) is 97.7 Å². The first-order chi connectivity index (χ1) is 12.9. The number of hydrogen-bond acceptors (Lipinski definition) is 4. The Morgan fingerprint density at radius 1 is 0.577 bits per heavy atom. The zero-order valence-electron chi connectivity index (χ0n) is 14.0. The van der Waals surface area contributed by atoms with Gasteiger partial charge in [-0.1, -0.05) is 42.5 Å². The quantitative estimate of drug-likeness (QED) is 0.407. The van der Waals surface area contributed by atoms with E-state index in [0.29, 0.717) is 0 Å². The van der Waals surface area contributed by atoms with Gasteiger partial charge in [0.15, 0.2) is 0 Å². The molecule has 26 heavy (non-hydrogen) atoms. The lowest BCUT2D eigenvalue weighted by Gasteiger charge is -2.05. The van der Waals surface area contributed by atoms with E-state index in [0.717, 1.165) is 33.1 Å². The highest BCUT2D eigenvalue weighted by Crippen LogP contribution is 2.25. The van der Waals surface area contributed by atoms with E-state index in [9.17, 15) is 0 Å². The Hall–Kier alpha value is -3.66. The molecule has 3 heterocycles. The van der Waals surface area contributed by atoms with Crippen LogP contribution in [0.1, 0.15) is 0 Å². The molecular weight excluding hydrogens is 320 g/mol. The number of benzene rings is 2. The third-order valence-electron chi connectivity index (χ3n) is 3.99. The molecule has 5 aromatic rings. The van der Waals surface area contributed by atoms with Crippen molar-refractivity contribution in [3.63, 3.8) is 0 Å². The summed E-state index contributed by atoms with van der Waals surface area (Å²) in [6.45, 7) is 0. The molecule has 0 aliphatic rings. The summed E-state index contributed by atoms with van der Waals surface area (Å²) in [5.74, 6) is 0. The average molecular weight is 336 g/mol. The molecule has 4 heteroatoms. The van der Waals surface area contributed by atoms with E-state index in [2.05, 4.69) is 51.4 Å². The molecule has 3 aromatic heterocycles. The van der Waals surface area contributed by atoms with Gasteiger partial charge in [0.2, 0.25) is 0 Å². The van der Waals surface area contributed by atoms with Crippen molar-refractivity contribution in [2.45, 2.75) is 0 Å². The predicted octanol–water partition coefficient (Wildman–Crippen LogP) is 4.93. The van der Waals surface area contributed by atoms with Crippen LogP contribution in [0, 0.1) is 0 Å². The van der Waals surface area contributed by atoms with E-state index < -0.39 is 0 Å². The maximum atomic E-state index is 4.83. The summed E-state index contributed by atoms with van der Waals surface area (Å²) in [4.78, 5) is 16.7. The molecule has 0 bridgehead atoms. The Balaban J connectivity index is 0.000000240. The van der Waals surface area contributed by atoms with Gasteiger partial charge in [0, 0.05) is 47.3 Å². The van der Waals surface area contributed by atoms with Crippen LogP contribution in [0.4, 0.5) is 0 Å². The zero-order chi connectivity index (χ0) is 17.6. The van der Waals surface area contributed by atoms with Gasteiger partial charge in [-0.3, -0.25) is 15.0 Å². The third kappa shape index (κ3) is 3.39. The fraction of sp³-hybridized carbons (Fsp3) is 0. The first-order valence-electron chi connectivity index (χ1n) is 8.32. The summed E-state index contributed by atoms with van der Waals surface area (Å²) < 4.78 is 0. The van der Waals surface area contributed by atoms with Crippen molar-refractivity contribution in [1.29, 1.82) is 0 Å². The van der Waals surface area contributed by atoms with Crippen molar-refractivity contribution >= 4 is 21.8 Å². The van der Waals surface area contributed by atoms with Crippen LogP contribution in [0.3, 0.4) is 0 Å². The van der Waals surface area contributed by atoms with E-state index in [-0.39, 0.29) is 0 Å². The SMILES string of the molecule is c1ccc(-c2ccc3ccc4ncccc4c3n2)cc1.c1cnccn1. The van der Waals surface area contributed by atoms with E-state index in [1.807, 2.05) is 36.5 Å². The number of aromatic nitrogens is 4. The van der Waals surface area contributed by atoms with Crippen LogP contribution in [0.5, 0.6) is 0 Å². The fourth-order valence-corrected chi connectivity index (χ4v) is 2.76. The Labute approximate surface area is 151 Å². The molecule has 0 amide bonds. The topological polar surface area (TPSA) is 51.6 Å². The molecule has 2 aromatic carbocycles. The second-order valence-electron chi connectivity index (χ2n) is 5.66. The molecule has 0 spiro atoms. The first-order valence-corrected chi connectivity index (χ1v) is 8.32. The maximum Gasteiger partial charge on any atom is 0.0803 e. The maximum absolute atomic E-state index is 4.83. The number of hydrogen-bond donors (Lipinski definition) is 0. The highest BCUT2D eigenvalue weighted by atomic mass is 14.7. The largest absolute Gasteiger partial charge is 0.262 e. The van der Waals surface area contributed by atoms with Crippen molar-refractivity contribution in [1.82, 2.24) is 19.9 Å². The van der Waals surface area contributed by atoms with Crippen LogP contribution in [-0.4, -0.2) is 19.9 Å². The van der Waals surface area contributed by atoms with E-state index in [1.165, 1.54) is 0 Å². The minimum atomic E-state index is 0.984. The molecule has 0 atom stereocenters. The van der Waals surface area contributed by atoms with Crippen molar-refractivity contribution in [3.05, 3.63) is 97.7 Å². The number of nitrogens with zero attached hydrogens (tertiary/aromatic N) is 4. The number of rotatable bonds is 1. The van der Waals surface area contributed by atoms with E-state index in [4.69, 9.17) is 4.98 Å². The molecule has 124 valence electrons. The van der Waals surface area contributed by atoms with Gasteiger partial charge in [-0.05, 0) is 24.3 Å². The second-order valence-corrected chi connectivity index (χ2v) is 5.66. The Morgan fingerprint density at radius 3 is 2.04 bits per heavy atom. The Bertz CT molecular complexity index is 1100. The van der Waals surface area contributed by atoms with Crippen LogP contribution < -0.4 is 0 Å². The summed E-state index contributed by atoms with van der Waals surface area (Å²) >= 11 is 0. The summed E-state index contributed by atoms with van der Waals surface area (Å²) in [6, 6.07) is 22.6. The lowest BCUT2D eigenvalue weighted by Crippen LogP contribution is -1.87. The normalized spacial score (nSPS) is 10.3. The van der Waals surface area contributed by atoms with Gasteiger partial charge >= 0.3 is 0 Å². The van der Waals surface area contributed by atoms with Crippen LogP contribution >= 0.6 is 0 Å². The molecule has 0 aliphatic heterocycles. The van der Waals surface area contributed by atoms with Gasteiger partial charge in [-0.2, -0.15) is 0 Å². The minimum Gasteiger partial charge on any atom is -0.262 e. The second kappa shape index (κ2) is 7.49. The molecule has 4 nitrogen and oxygen atoms in total. The molecule has 0 aliphatic carbocycles. The predicted molar refractivity (Wildman–Crippen MR) is 105 cm³/mol. The summed E-state index contributed by atoms with van der Waals surface area (Å²) in [6.07, 6.45) is 8.37. The average Bonchev–Trinajstić information content (AvgIpc) is 2.75. The molecule has 5 rings (SSSR count). The number of fused-ring (bicyclic) bond motifs is 3. The minimum absolute atomic E-state index is 0.984. The molecule has 0 fully saturated rings. The Morgan fingerprint density at radius 2 is 1.31 bits per heavy atom. The van der Waals surface area contributed by atoms with E-state index >= 15 is 0 Å². The van der Waals surface area contributed by atoms with Crippen LogP contribution in [0.25, 0.3) is 33.1 Å². The zero-order valence-corrected chi connectivity index (χ0v) is 14.0. The van der Waals surface area contributed by atoms with Crippen LogP contribution in [-0.2, 0) is 0 Å². The lowest BCUT2D eigenvalue weighted by molar-refractivity contribution is 1.20. The van der Waals surface area contributed by atoms with Gasteiger partial charge in [0.25, 0.3) is 0 Å². The smallest absolute Gasteiger partial charge is 0.0803 e. The van der Waals surface area contributed by atoms with Gasteiger partial charge in [-0.15, -0.1) is 0 Å². The molecule has 0 saturated heterocycles. The molecule has 0 radical (unpaired) electrons. The Kier molecular flexibility index (Phi) is 4.56. The highest BCUT2D eigenvalue weighted by molar-refractivity contribution is 6.04. The number of pyridine rings is 2. The van der Waals surface area contributed by atoms with Crippen molar-refractivity contribution < 1.29 is 0 Å². The highest BCUT2D eigenvalue weighted by Gasteiger charge is 2.05. The van der Waals surface area contributed by atoms with Crippen molar-refractivity contribution in [2.75, 3.05) is 0 Å². The molecular formula is C22H16N4. The summed E-state index contributed by atoms with van der Waals surface area (Å²) in [7, 11) is 0. The van der Waals surface area contributed by atoms with Crippen LogP contribution in [0.2, 0.25) is 0 Å². The summed E-state index contributed by atoms with van der Waals surface area (Å²) in [5.41, 5.74) is 4.12. The van der Waals surface area contributed by atoms with E-state index in [1.54, 1.807) is 24.8 Å². The fourth-order valence-electron chi connectivity index (χ4n) is 2.76. The first kappa shape index (κ1) is 15.8. The standard InChI is InChI=1S/C18H12N2.C4H4N2/c1-2-5-13(6-3-1)16-10-8-14-9-11-17-15(18(14)20-16)7-4-12-19-17;1-2-6-4-3-5-1/h1-12H;1-4H. The van der Waals surface area contributed by atoms with Gasteiger partial charge in [0.1, 0.15) is 0 Å². The van der Waals surface area contributed by atoms with Gasteiger partial charge in [-0.25, -0.2) is 4.98 Å². The summed E-state index contributed by atoms with van der Waals surface area (Å²) in [5, 5.41) is 2.24. The monoisotopic (exact) mass is 336 g/mol. The lowest BCUT2D eigenvalue weighted by atomic mass is 10.1. The van der Waals surface area contributed by atoms with Gasteiger partial charge < -0.3 is 0 Å². The molecule has 0 unspecified atom stereocenters. The van der Waals surface area contributed by atoms with Crippen molar-refractivity contribution in [3.8, 4) is 11.3 Å². The van der Waals surface area contributed by atoms with Crippen molar-refractivity contribution in [2.24, 2.45) is 0 Å².